The van der Waals surface area contributed by atoms with Crippen LogP contribution in [0.2, 0.25) is 0 Å². The van der Waals surface area contributed by atoms with Crippen LogP contribution in [0.1, 0.15) is 39.5 Å². The van der Waals surface area contributed by atoms with E-state index in [1.165, 1.54) is 38.8 Å². The van der Waals surface area contributed by atoms with E-state index in [1.807, 2.05) is 0 Å². The number of hydrogen-bond donors (Lipinski definition) is 0. The Morgan fingerprint density at radius 3 is 2.00 bits per heavy atom. The molecule has 11 heavy (non-hydrogen) atoms. The van der Waals surface area contributed by atoms with Crippen LogP contribution in [0, 0.1) is 5.92 Å². The SMILES string of the molecule is CC(C)C1(N2CCCC2)CC1. The summed E-state index contributed by atoms with van der Waals surface area (Å²) < 4.78 is 0. The molecular formula is C10H19N. The molecule has 0 amide bonds. The standard InChI is InChI=1S/C10H19N/c1-9(2)10(5-6-10)11-7-3-4-8-11/h9H,3-8H2,1-2H3. The second-order valence-electron chi connectivity index (χ2n) is 4.45. The van der Waals surface area contributed by atoms with E-state index < -0.39 is 0 Å². The van der Waals surface area contributed by atoms with Gasteiger partial charge < -0.3 is 0 Å². The normalized spacial score (nSPS) is 29.7. The highest BCUT2D eigenvalue weighted by Crippen LogP contribution is 2.48. The molecule has 0 radical (unpaired) electrons. The van der Waals surface area contributed by atoms with Gasteiger partial charge in [0.25, 0.3) is 0 Å². The molecule has 1 heterocycles. The Morgan fingerprint density at radius 2 is 1.64 bits per heavy atom. The minimum Gasteiger partial charge on any atom is -0.297 e. The monoisotopic (exact) mass is 153 g/mol. The van der Waals surface area contributed by atoms with Gasteiger partial charge in [0.15, 0.2) is 0 Å². The van der Waals surface area contributed by atoms with Gasteiger partial charge in [0.1, 0.15) is 0 Å². The first-order valence-electron chi connectivity index (χ1n) is 5.01. The highest BCUT2D eigenvalue weighted by Gasteiger charge is 2.50. The second-order valence-corrected chi connectivity index (χ2v) is 4.45. The topological polar surface area (TPSA) is 3.24 Å². The molecule has 2 rings (SSSR count). The zero-order valence-corrected chi connectivity index (χ0v) is 7.77. The average Bonchev–Trinajstić information content (AvgIpc) is 2.61. The summed E-state index contributed by atoms with van der Waals surface area (Å²) in [5, 5.41) is 0. The quantitative estimate of drug-likeness (QED) is 0.588. The van der Waals surface area contributed by atoms with Gasteiger partial charge in [0.05, 0.1) is 0 Å². The molecule has 1 nitrogen and oxygen atoms in total. The Hall–Kier alpha value is -0.0400. The van der Waals surface area contributed by atoms with E-state index in [-0.39, 0.29) is 0 Å². The molecular weight excluding hydrogens is 134 g/mol. The van der Waals surface area contributed by atoms with Crippen molar-refractivity contribution in [3.63, 3.8) is 0 Å². The van der Waals surface area contributed by atoms with Crippen LogP contribution in [-0.2, 0) is 0 Å². The molecule has 0 aromatic rings. The molecule has 1 heteroatoms. The van der Waals surface area contributed by atoms with Crippen LogP contribution in [0.25, 0.3) is 0 Å². The molecule has 1 saturated carbocycles. The molecule has 0 bridgehead atoms. The lowest BCUT2D eigenvalue weighted by Crippen LogP contribution is -2.38. The second kappa shape index (κ2) is 2.48. The lowest BCUT2D eigenvalue weighted by molar-refractivity contribution is 0.168. The maximum atomic E-state index is 2.73. The van der Waals surface area contributed by atoms with Gasteiger partial charge in [-0.15, -0.1) is 0 Å². The lowest BCUT2D eigenvalue weighted by Gasteiger charge is -2.30. The molecule has 0 aromatic carbocycles. The van der Waals surface area contributed by atoms with Crippen LogP contribution in [0.4, 0.5) is 0 Å². The van der Waals surface area contributed by atoms with Crippen molar-refractivity contribution >= 4 is 0 Å². The van der Waals surface area contributed by atoms with E-state index in [4.69, 9.17) is 0 Å². The number of nitrogens with zero attached hydrogens (tertiary/aromatic N) is 1. The maximum absolute atomic E-state index is 2.73. The molecule has 1 aliphatic heterocycles. The summed E-state index contributed by atoms with van der Waals surface area (Å²) in [5.74, 6) is 0.876. The molecule has 0 unspecified atom stereocenters. The van der Waals surface area contributed by atoms with Crippen molar-refractivity contribution in [2.24, 2.45) is 5.92 Å². The molecule has 0 N–H and O–H groups in total. The fourth-order valence-corrected chi connectivity index (χ4v) is 2.55. The molecule has 2 aliphatic rings. The van der Waals surface area contributed by atoms with E-state index in [2.05, 4.69) is 18.7 Å². The van der Waals surface area contributed by atoms with E-state index in [9.17, 15) is 0 Å². The fourth-order valence-electron chi connectivity index (χ4n) is 2.55. The smallest absolute Gasteiger partial charge is 0.0233 e. The van der Waals surface area contributed by atoms with Gasteiger partial charge in [-0.3, -0.25) is 4.90 Å². The largest absolute Gasteiger partial charge is 0.297 e. The minimum atomic E-state index is 0.663. The van der Waals surface area contributed by atoms with Gasteiger partial charge in [-0.1, -0.05) is 13.8 Å². The summed E-state index contributed by atoms with van der Waals surface area (Å²) in [6.45, 7) is 7.51. The van der Waals surface area contributed by atoms with Crippen LogP contribution in [0.3, 0.4) is 0 Å². The van der Waals surface area contributed by atoms with Crippen molar-refractivity contribution in [1.82, 2.24) is 4.90 Å². The molecule has 2 fully saturated rings. The van der Waals surface area contributed by atoms with E-state index in [1.54, 1.807) is 0 Å². The maximum Gasteiger partial charge on any atom is 0.0233 e. The van der Waals surface area contributed by atoms with Crippen LogP contribution in [0.15, 0.2) is 0 Å². The van der Waals surface area contributed by atoms with Gasteiger partial charge in [-0.2, -0.15) is 0 Å². The van der Waals surface area contributed by atoms with Gasteiger partial charge in [0.2, 0.25) is 0 Å². The molecule has 0 spiro atoms. The van der Waals surface area contributed by atoms with Crippen molar-refractivity contribution in [1.29, 1.82) is 0 Å². The lowest BCUT2D eigenvalue weighted by atomic mass is 10.0. The molecule has 0 atom stereocenters. The Labute approximate surface area is 69.8 Å². The summed E-state index contributed by atoms with van der Waals surface area (Å²) in [6.07, 6.45) is 5.80. The predicted octanol–water partition coefficient (Wildman–Crippen LogP) is 2.27. The Kier molecular flexibility index (Phi) is 1.71. The van der Waals surface area contributed by atoms with Crippen molar-refractivity contribution in [2.75, 3.05) is 13.1 Å². The van der Waals surface area contributed by atoms with Crippen LogP contribution in [-0.4, -0.2) is 23.5 Å². The van der Waals surface area contributed by atoms with E-state index in [0.717, 1.165) is 5.92 Å². The van der Waals surface area contributed by atoms with Crippen molar-refractivity contribution in [3.8, 4) is 0 Å². The summed E-state index contributed by atoms with van der Waals surface area (Å²) in [6, 6.07) is 0. The fraction of sp³-hybridized carbons (Fsp3) is 1.00. The summed E-state index contributed by atoms with van der Waals surface area (Å²) in [5.41, 5.74) is 0.663. The molecule has 1 aliphatic carbocycles. The molecule has 0 aromatic heterocycles. The van der Waals surface area contributed by atoms with Crippen LogP contribution < -0.4 is 0 Å². The number of likely N-dealkylation sites (tertiary alicyclic amines) is 1. The minimum absolute atomic E-state index is 0.663. The zero-order valence-electron chi connectivity index (χ0n) is 7.77. The Bertz CT molecular complexity index is 141. The predicted molar refractivity (Wildman–Crippen MR) is 47.6 cm³/mol. The first-order valence-corrected chi connectivity index (χ1v) is 5.01. The van der Waals surface area contributed by atoms with Crippen LogP contribution in [0.5, 0.6) is 0 Å². The Balaban J connectivity index is 2.01. The summed E-state index contributed by atoms with van der Waals surface area (Å²) in [4.78, 5) is 2.73. The first-order chi connectivity index (χ1) is 5.26. The van der Waals surface area contributed by atoms with Crippen LogP contribution >= 0.6 is 0 Å². The van der Waals surface area contributed by atoms with Gasteiger partial charge in [-0.05, 0) is 44.7 Å². The third-order valence-corrected chi connectivity index (χ3v) is 3.57. The average molecular weight is 153 g/mol. The number of rotatable bonds is 2. The number of hydrogen-bond acceptors (Lipinski definition) is 1. The Morgan fingerprint density at radius 1 is 1.09 bits per heavy atom. The van der Waals surface area contributed by atoms with Crippen molar-refractivity contribution in [3.05, 3.63) is 0 Å². The third kappa shape index (κ3) is 1.10. The van der Waals surface area contributed by atoms with E-state index >= 15 is 0 Å². The van der Waals surface area contributed by atoms with Gasteiger partial charge >= 0.3 is 0 Å². The summed E-state index contributed by atoms with van der Waals surface area (Å²) >= 11 is 0. The first kappa shape index (κ1) is 7.60. The van der Waals surface area contributed by atoms with Crippen molar-refractivity contribution in [2.45, 2.75) is 45.1 Å². The molecule has 64 valence electrons. The van der Waals surface area contributed by atoms with Crippen molar-refractivity contribution < 1.29 is 0 Å². The molecule has 1 saturated heterocycles. The summed E-state index contributed by atoms with van der Waals surface area (Å²) in [7, 11) is 0. The van der Waals surface area contributed by atoms with Gasteiger partial charge in [0, 0.05) is 5.54 Å². The van der Waals surface area contributed by atoms with E-state index in [0.29, 0.717) is 5.54 Å². The zero-order chi connectivity index (χ0) is 7.90. The highest BCUT2D eigenvalue weighted by atomic mass is 15.2. The highest BCUT2D eigenvalue weighted by molar-refractivity contribution is 5.06. The van der Waals surface area contributed by atoms with Gasteiger partial charge in [-0.25, -0.2) is 0 Å². The third-order valence-electron chi connectivity index (χ3n) is 3.57.